The molecule has 0 amide bonds. The van der Waals surface area contributed by atoms with Gasteiger partial charge in [0.25, 0.3) is 0 Å². The van der Waals surface area contributed by atoms with Crippen molar-refractivity contribution in [3.8, 4) is 0 Å². The second-order valence-corrected chi connectivity index (χ2v) is 4.61. The fourth-order valence-electron chi connectivity index (χ4n) is 1.72. The highest BCUT2D eigenvalue weighted by molar-refractivity contribution is 5.18. The lowest BCUT2D eigenvalue weighted by molar-refractivity contribution is -0.395. The average molecular weight is 322 g/mol. The highest BCUT2D eigenvalue weighted by atomic mass is 19.4. The van der Waals surface area contributed by atoms with E-state index in [-0.39, 0.29) is 0 Å². The summed E-state index contributed by atoms with van der Waals surface area (Å²) >= 11 is 0. The molecule has 0 aromatic heterocycles. The van der Waals surface area contributed by atoms with Gasteiger partial charge >= 0.3 is 29.7 Å². The average Bonchev–Trinajstić information content (AvgIpc) is 2.37. The Morgan fingerprint density at radius 1 is 0.950 bits per heavy atom. The zero-order chi connectivity index (χ0) is 16.4. The topological polar surface area (TPSA) is 9.23 Å². The number of halogens is 10. The minimum Gasteiger partial charge on any atom is -0.271 e. The summed E-state index contributed by atoms with van der Waals surface area (Å²) in [5.74, 6) is -13.6. The van der Waals surface area contributed by atoms with E-state index in [1.54, 1.807) is 0 Å². The second-order valence-electron chi connectivity index (χ2n) is 4.61. The molecule has 1 saturated heterocycles. The molecule has 0 aromatic rings. The molecule has 0 bridgehead atoms. The van der Waals surface area contributed by atoms with Crippen LogP contribution < -0.4 is 0 Å². The van der Waals surface area contributed by atoms with Gasteiger partial charge in [-0.2, -0.15) is 30.7 Å². The van der Waals surface area contributed by atoms with Crippen molar-refractivity contribution in [2.45, 2.75) is 49.8 Å². The van der Waals surface area contributed by atoms with Crippen LogP contribution in [0, 0.1) is 5.92 Å². The van der Waals surface area contributed by atoms with Crippen molar-refractivity contribution in [1.82, 2.24) is 0 Å². The molecule has 1 rings (SSSR count). The molecule has 1 heterocycles. The molecule has 0 aromatic carbocycles. The third kappa shape index (κ3) is 1.81. The lowest BCUT2D eigenvalue weighted by Gasteiger charge is -2.39. The summed E-state index contributed by atoms with van der Waals surface area (Å²) in [6.07, 6.45) is -17.3. The van der Waals surface area contributed by atoms with Gasteiger partial charge in [0.05, 0.1) is 0 Å². The van der Waals surface area contributed by atoms with E-state index in [1.165, 1.54) is 0 Å². The summed E-state index contributed by atoms with van der Waals surface area (Å²) in [4.78, 5) is 0. The van der Waals surface area contributed by atoms with Crippen molar-refractivity contribution in [2.24, 2.45) is 5.92 Å². The van der Waals surface area contributed by atoms with Crippen LogP contribution >= 0.6 is 0 Å². The number of alkyl halides is 10. The van der Waals surface area contributed by atoms with Gasteiger partial charge in [-0.25, -0.2) is 13.2 Å². The lowest BCUT2D eigenvalue weighted by Crippen LogP contribution is -2.67. The largest absolute Gasteiger partial charge is 0.431 e. The molecule has 11 heteroatoms. The van der Waals surface area contributed by atoms with E-state index < -0.39 is 41.8 Å². The molecule has 20 heavy (non-hydrogen) atoms. The Labute approximate surface area is 105 Å². The van der Waals surface area contributed by atoms with E-state index in [1.807, 2.05) is 0 Å². The molecular weight excluding hydrogens is 314 g/mol. The molecule has 0 aliphatic carbocycles. The highest BCUT2D eigenvalue weighted by Crippen LogP contribution is 2.64. The van der Waals surface area contributed by atoms with Crippen LogP contribution in [0.5, 0.6) is 0 Å². The molecular formula is C9H8F10O. The van der Waals surface area contributed by atoms with E-state index in [0.29, 0.717) is 13.8 Å². The van der Waals surface area contributed by atoms with Gasteiger partial charge in [0.2, 0.25) is 6.17 Å². The minimum absolute atomic E-state index is 0.436. The van der Waals surface area contributed by atoms with Gasteiger partial charge in [-0.05, 0) is 0 Å². The first kappa shape index (κ1) is 17.3. The van der Waals surface area contributed by atoms with Gasteiger partial charge in [0, 0.05) is 5.92 Å². The molecule has 0 radical (unpaired) electrons. The standard InChI is InChI=1S/C9H8F10O/c1-3(2)6(12,13)8(16)5(11,9(17,18)19)4(10)7(14,15)20-8/h3-4H,1-2H3. The first-order valence-corrected chi connectivity index (χ1v) is 5.10. The van der Waals surface area contributed by atoms with Gasteiger partial charge in [-0.3, -0.25) is 4.74 Å². The van der Waals surface area contributed by atoms with Gasteiger partial charge in [0.1, 0.15) is 0 Å². The maximum absolute atomic E-state index is 13.8. The molecule has 3 atom stereocenters. The van der Waals surface area contributed by atoms with Gasteiger partial charge in [-0.1, -0.05) is 13.8 Å². The third-order valence-corrected chi connectivity index (χ3v) is 2.96. The Morgan fingerprint density at radius 2 is 1.35 bits per heavy atom. The van der Waals surface area contributed by atoms with Crippen LogP contribution in [-0.4, -0.2) is 35.9 Å². The van der Waals surface area contributed by atoms with Crippen LogP contribution in [0.2, 0.25) is 0 Å². The Morgan fingerprint density at radius 3 is 1.65 bits per heavy atom. The van der Waals surface area contributed by atoms with Crippen LogP contribution in [0.1, 0.15) is 13.8 Å². The third-order valence-electron chi connectivity index (χ3n) is 2.96. The van der Waals surface area contributed by atoms with Crippen LogP contribution in [0.25, 0.3) is 0 Å². The molecule has 0 saturated carbocycles. The summed E-state index contributed by atoms with van der Waals surface area (Å²) in [6.45, 7) is 0.871. The van der Waals surface area contributed by atoms with E-state index in [4.69, 9.17) is 0 Å². The SMILES string of the molecule is CC(C)C(F)(F)C1(F)OC(F)(F)C(F)C1(F)C(F)(F)F. The van der Waals surface area contributed by atoms with Crippen molar-refractivity contribution in [3.05, 3.63) is 0 Å². The highest BCUT2D eigenvalue weighted by Gasteiger charge is 2.92. The van der Waals surface area contributed by atoms with Crippen molar-refractivity contribution >= 4 is 0 Å². The summed E-state index contributed by atoms with van der Waals surface area (Å²) in [7, 11) is 0. The predicted molar refractivity (Wildman–Crippen MR) is 44.4 cm³/mol. The summed E-state index contributed by atoms with van der Waals surface area (Å²) in [6, 6.07) is 0. The molecule has 0 N–H and O–H groups in total. The Balaban J connectivity index is 3.60. The number of hydrogen-bond acceptors (Lipinski definition) is 1. The van der Waals surface area contributed by atoms with Gasteiger partial charge in [-0.15, -0.1) is 0 Å². The fraction of sp³-hybridized carbons (Fsp3) is 1.00. The molecule has 1 aliphatic rings. The smallest absolute Gasteiger partial charge is 0.271 e. The summed E-state index contributed by atoms with van der Waals surface area (Å²) < 4.78 is 133. The molecule has 1 nitrogen and oxygen atoms in total. The quantitative estimate of drug-likeness (QED) is 0.693. The Bertz CT molecular complexity index is 391. The van der Waals surface area contributed by atoms with Crippen LogP contribution in [0.15, 0.2) is 0 Å². The van der Waals surface area contributed by atoms with Crippen molar-refractivity contribution < 1.29 is 48.6 Å². The first-order chi connectivity index (χ1) is 8.56. The van der Waals surface area contributed by atoms with Crippen LogP contribution in [0.4, 0.5) is 43.9 Å². The lowest BCUT2D eigenvalue weighted by atomic mass is 9.84. The first-order valence-electron chi connectivity index (χ1n) is 5.10. The van der Waals surface area contributed by atoms with E-state index >= 15 is 0 Å². The number of rotatable bonds is 2. The van der Waals surface area contributed by atoms with E-state index in [0.717, 1.165) is 0 Å². The van der Waals surface area contributed by atoms with E-state index in [9.17, 15) is 43.9 Å². The zero-order valence-corrected chi connectivity index (χ0v) is 9.84. The Kier molecular flexibility index (Phi) is 3.58. The van der Waals surface area contributed by atoms with Gasteiger partial charge in [0.15, 0.2) is 0 Å². The van der Waals surface area contributed by atoms with Crippen molar-refractivity contribution in [3.63, 3.8) is 0 Å². The van der Waals surface area contributed by atoms with Crippen LogP contribution in [-0.2, 0) is 4.74 Å². The number of ether oxygens (including phenoxy) is 1. The molecule has 1 aliphatic heterocycles. The minimum atomic E-state index is -6.68. The summed E-state index contributed by atoms with van der Waals surface area (Å²) in [5, 5.41) is 0. The van der Waals surface area contributed by atoms with E-state index in [2.05, 4.69) is 4.74 Å². The van der Waals surface area contributed by atoms with Gasteiger partial charge < -0.3 is 0 Å². The fourth-order valence-corrected chi connectivity index (χ4v) is 1.72. The molecule has 0 spiro atoms. The molecule has 1 fully saturated rings. The monoisotopic (exact) mass is 322 g/mol. The number of hydrogen-bond donors (Lipinski definition) is 0. The van der Waals surface area contributed by atoms with Crippen molar-refractivity contribution in [1.29, 1.82) is 0 Å². The summed E-state index contributed by atoms with van der Waals surface area (Å²) in [5.41, 5.74) is -6.21. The second kappa shape index (κ2) is 4.14. The Hall–Kier alpha value is -0.740. The molecule has 120 valence electrons. The molecule has 3 unspecified atom stereocenters. The maximum Gasteiger partial charge on any atom is 0.431 e. The van der Waals surface area contributed by atoms with Crippen LogP contribution in [0.3, 0.4) is 0 Å². The maximum atomic E-state index is 13.8. The normalized spacial score (nSPS) is 38.5. The predicted octanol–water partition coefficient (Wildman–Crippen LogP) is 4.18. The zero-order valence-electron chi connectivity index (χ0n) is 9.84. The van der Waals surface area contributed by atoms with Crippen molar-refractivity contribution in [2.75, 3.05) is 0 Å².